The second-order valence-corrected chi connectivity index (χ2v) is 13.7. The lowest BCUT2D eigenvalue weighted by atomic mass is 10.1. The van der Waals surface area contributed by atoms with Gasteiger partial charge in [-0.3, -0.25) is 13.9 Å². The quantitative estimate of drug-likeness (QED) is 0.227. The number of halogens is 3. The van der Waals surface area contributed by atoms with Gasteiger partial charge < -0.3 is 10.2 Å². The Hall–Kier alpha value is -2.78. The number of amides is 2. The molecule has 0 spiro atoms. The van der Waals surface area contributed by atoms with E-state index in [1.54, 1.807) is 43.3 Å². The molecule has 42 heavy (non-hydrogen) atoms. The predicted octanol–water partition coefficient (Wildman–Crippen LogP) is 7.04. The van der Waals surface area contributed by atoms with E-state index >= 15 is 0 Å². The van der Waals surface area contributed by atoms with Crippen LogP contribution in [0.4, 0.5) is 5.69 Å². The molecule has 0 heterocycles. The van der Waals surface area contributed by atoms with Gasteiger partial charge in [0.2, 0.25) is 11.8 Å². The molecule has 7 nitrogen and oxygen atoms in total. The highest BCUT2D eigenvalue weighted by atomic mass is 35.5. The second-order valence-electron chi connectivity index (χ2n) is 10.6. The fraction of sp³-hybridized carbons (Fsp3) is 0.355. The van der Waals surface area contributed by atoms with Gasteiger partial charge in [0.05, 0.1) is 20.6 Å². The molecule has 0 aliphatic heterocycles. The Morgan fingerprint density at radius 3 is 2.12 bits per heavy atom. The largest absolute Gasteiger partial charge is 0.354 e. The third-order valence-electron chi connectivity index (χ3n) is 6.87. The molecule has 0 saturated carbocycles. The maximum Gasteiger partial charge on any atom is 0.264 e. The van der Waals surface area contributed by atoms with Crippen LogP contribution in [0.1, 0.15) is 43.9 Å². The lowest BCUT2D eigenvalue weighted by Gasteiger charge is -2.33. The zero-order valence-corrected chi connectivity index (χ0v) is 27.4. The van der Waals surface area contributed by atoms with Gasteiger partial charge >= 0.3 is 0 Å². The molecule has 226 valence electrons. The number of aryl methyl sites for hydroxylation is 2. The van der Waals surface area contributed by atoms with Gasteiger partial charge in [-0.2, -0.15) is 0 Å². The molecule has 3 aromatic carbocycles. The number of hydrogen-bond acceptors (Lipinski definition) is 4. The molecule has 0 radical (unpaired) electrons. The third-order valence-corrected chi connectivity index (χ3v) is 9.65. The summed E-state index contributed by atoms with van der Waals surface area (Å²) in [7, 11) is -4.20. The molecule has 1 atom stereocenters. The van der Waals surface area contributed by atoms with Crippen molar-refractivity contribution in [1.29, 1.82) is 0 Å². The first-order valence-corrected chi connectivity index (χ1v) is 16.2. The van der Waals surface area contributed by atoms with Crippen LogP contribution >= 0.6 is 34.8 Å². The van der Waals surface area contributed by atoms with E-state index in [4.69, 9.17) is 34.8 Å². The predicted molar refractivity (Wildman–Crippen MR) is 171 cm³/mol. The lowest BCUT2D eigenvalue weighted by molar-refractivity contribution is -0.140. The average Bonchev–Trinajstić information content (AvgIpc) is 2.94. The van der Waals surface area contributed by atoms with Crippen molar-refractivity contribution in [3.63, 3.8) is 0 Å². The van der Waals surface area contributed by atoms with Gasteiger partial charge in [-0.25, -0.2) is 8.42 Å². The van der Waals surface area contributed by atoms with Crippen LogP contribution in [0.2, 0.25) is 15.1 Å². The van der Waals surface area contributed by atoms with Gasteiger partial charge in [-0.05, 0) is 91.4 Å². The molecule has 0 fully saturated rings. The number of sulfonamides is 1. The van der Waals surface area contributed by atoms with Crippen molar-refractivity contribution < 1.29 is 18.0 Å². The highest BCUT2D eigenvalue weighted by molar-refractivity contribution is 7.92. The summed E-state index contributed by atoms with van der Waals surface area (Å²) in [5.74, 6) is -0.670. The van der Waals surface area contributed by atoms with Gasteiger partial charge in [0.25, 0.3) is 10.0 Å². The zero-order chi connectivity index (χ0) is 31.2. The molecular formula is C31H36Cl3N3O4S. The van der Waals surface area contributed by atoms with Gasteiger partial charge in [0.15, 0.2) is 0 Å². The number of nitrogens with one attached hydrogen (secondary N) is 1. The number of rotatable bonds is 12. The van der Waals surface area contributed by atoms with Crippen LogP contribution in [0.3, 0.4) is 0 Å². The maximum atomic E-state index is 14.2. The molecule has 1 unspecified atom stereocenters. The summed E-state index contributed by atoms with van der Waals surface area (Å²) in [5, 5.41) is 3.96. The number of benzene rings is 3. The number of anilines is 1. The molecule has 2 amide bonds. The van der Waals surface area contributed by atoms with Crippen molar-refractivity contribution in [2.45, 2.75) is 58.5 Å². The van der Waals surface area contributed by atoms with Crippen LogP contribution in [0.15, 0.2) is 65.6 Å². The monoisotopic (exact) mass is 651 g/mol. The van der Waals surface area contributed by atoms with E-state index in [1.165, 1.54) is 29.2 Å². The summed E-state index contributed by atoms with van der Waals surface area (Å²) >= 11 is 18.4. The Kier molecular flexibility index (Phi) is 11.7. The summed E-state index contributed by atoms with van der Waals surface area (Å²) in [6.45, 7) is 9.46. The second kappa shape index (κ2) is 14.6. The van der Waals surface area contributed by atoms with Crippen LogP contribution in [-0.4, -0.2) is 44.3 Å². The molecule has 0 aromatic heterocycles. The molecule has 0 aliphatic carbocycles. The molecule has 11 heteroatoms. The van der Waals surface area contributed by atoms with E-state index < -0.39 is 28.5 Å². The van der Waals surface area contributed by atoms with Crippen molar-refractivity contribution in [2.75, 3.05) is 17.4 Å². The van der Waals surface area contributed by atoms with E-state index in [0.717, 1.165) is 15.4 Å². The van der Waals surface area contributed by atoms with Crippen LogP contribution in [0, 0.1) is 19.8 Å². The normalized spacial score (nSPS) is 12.2. The zero-order valence-electron chi connectivity index (χ0n) is 24.3. The van der Waals surface area contributed by atoms with Crippen molar-refractivity contribution in [3.05, 3.63) is 92.4 Å². The lowest BCUT2D eigenvalue weighted by Crippen LogP contribution is -2.52. The summed E-state index contributed by atoms with van der Waals surface area (Å²) in [5.41, 5.74) is 2.81. The Bertz CT molecular complexity index is 1530. The van der Waals surface area contributed by atoms with Crippen LogP contribution in [0.25, 0.3) is 0 Å². The fourth-order valence-corrected chi connectivity index (χ4v) is 6.17. The minimum Gasteiger partial charge on any atom is -0.354 e. The van der Waals surface area contributed by atoms with Gasteiger partial charge in [-0.15, -0.1) is 0 Å². The summed E-state index contributed by atoms with van der Waals surface area (Å²) in [6.07, 6.45) is 0.310. The van der Waals surface area contributed by atoms with Crippen LogP contribution < -0.4 is 9.62 Å². The fourth-order valence-electron chi connectivity index (χ4n) is 4.32. The first kappa shape index (κ1) is 33.7. The molecule has 3 aromatic rings. The van der Waals surface area contributed by atoms with E-state index in [9.17, 15) is 18.0 Å². The van der Waals surface area contributed by atoms with E-state index in [2.05, 4.69) is 5.32 Å². The minimum atomic E-state index is -4.20. The maximum absolute atomic E-state index is 14.2. The Morgan fingerprint density at radius 1 is 0.881 bits per heavy atom. The van der Waals surface area contributed by atoms with Crippen LogP contribution in [0.5, 0.6) is 0 Å². The molecule has 1 N–H and O–H groups in total. The summed E-state index contributed by atoms with van der Waals surface area (Å²) in [6, 6.07) is 15.1. The Morgan fingerprint density at radius 2 is 1.55 bits per heavy atom. The first-order valence-electron chi connectivity index (χ1n) is 13.6. The van der Waals surface area contributed by atoms with Crippen LogP contribution in [-0.2, 0) is 26.2 Å². The van der Waals surface area contributed by atoms with Crippen molar-refractivity contribution in [3.8, 4) is 0 Å². The van der Waals surface area contributed by atoms with Gasteiger partial charge in [-0.1, -0.05) is 67.7 Å². The number of nitrogens with zero attached hydrogens (tertiary/aromatic N) is 2. The molecule has 3 rings (SSSR count). The van der Waals surface area contributed by atoms with E-state index in [0.29, 0.717) is 39.3 Å². The first-order chi connectivity index (χ1) is 19.7. The summed E-state index contributed by atoms with van der Waals surface area (Å²) < 4.78 is 29.1. The smallest absolute Gasteiger partial charge is 0.264 e. The number of hydrogen-bond donors (Lipinski definition) is 1. The third kappa shape index (κ3) is 8.40. The highest BCUT2D eigenvalue weighted by Crippen LogP contribution is 2.28. The minimum absolute atomic E-state index is 0.0179. The Balaban J connectivity index is 2.09. The number of carbonyl (C=O) groups excluding carboxylic acids is 2. The van der Waals surface area contributed by atoms with Gasteiger partial charge in [0.1, 0.15) is 12.6 Å². The molecule has 0 saturated heterocycles. The Labute approximate surface area is 263 Å². The topological polar surface area (TPSA) is 86.8 Å². The summed E-state index contributed by atoms with van der Waals surface area (Å²) in [4.78, 5) is 28.9. The standard InChI is InChI=1S/C31H36Cl3N3O4S/c1-6-29(31(39)35-17-20(2)3)36(18-23-8-14-27(33)28(34)16-23)30(38)19-37(25-11-7-21(4)22(5)15-25)42(40,41)26-12-9-24(32)10-13-26/h7-16,20,29H,6,17-19H2,1-5H3,(H,35,39). The molecular weight excluding hydrogens is 617 g/mol. The van der Waals surface area contributed by atoms with E-state index in [-0.39, 0.29) is 23.3 Å². The SMILES string of the molecule is CCC(C(=O)NCC(C)C)N(Cc1ccc(Cl)c(Cl)c1)C(=O)CN(c1ccc(C)c(C)c1)S(=O)(=O)c1ccc(Cl)cc1. The van der Waals surface area contributed by atoms with Crippen molar-refractivity contribution in [1.82, 2.24) is 10.2 Å². The highest BCUT2D eigenvalue weighted by Gasteiger charge is 2.34. The average molecular weight is 653 g/mol. The van der Waals surface area contributed by atoms with Gasteiger partial charge in [0, 0.05) is 18.1 Å². The van der Waals surface area contributed by atoms with Crippen molar-refractivity contribution in [2.24, 2.45) is 5.92 Å². The molecule has 0 aliphatic rings. The van der Waals surface area contributed by atoms with Crippen molar-refractivity contribution >= 4 is 62.3 Å². The van der Waals surface area contributed by atoms with E-state index in [1.807, 2.05) is 27.7 Å². The number of carbonyl (C=O) groups is 2. The molecule has 0 bridgehead atoms.